The maximum atomic E-state index is 5.89. The number of aryl methyl sites for hydroxylation is 1. The van der Waals surface area contributed by atoms with Crippen LogP contribution in [0.5, 0.6) is 0 Å². The van der Waals surface area contributed by atoms with Crippen LogP contribution in [0, 0.1) is 6.92 Å². The van der Waals surface area contributed by atoms with E-state index in [1.165, 1.54) is 0 Å². The van der Waals surface area contributed by atoms with Gasteiger partial charge in [0.1, 0.15) is 5.15 Å². The number of nitrogens with two attached hydrogens (primary N) is 1. The summed E-state index contributed by atoms with van der Waals surface area (Å²) in [5, 5.41) is 0.544. The van der Waals surface area contributed by atoms with Crippen molar-refractivity contribution in [3.8, 4) is 0 Å². The van der Waals surface area contributed by atoms with Gasteiger partial charge in [-0.15, -0.1) is 0 Å². The molecule has 0 unspecified atom stereocenters. The van der Waals surface area contributed by atoms with Crippen LogP contribution in [0.4, 0.5) is 0 Å². The zero-order valence-corrected chi connectivity index (χ0v) is 8.31. The Labute approximate surface area is 77.8 Å². The summed E-state index contributed by atoms with van der Waals surface area (Å²) >= 11 is 5.78. The molecular weight excluding hydrogens is 172 g/mol. The average molecular weight is 185 g/mol. The molecule has 0 spiro atoms. The number of hydrogen-bond acceptors (Lipinski definition) is 2. The molecule has 3 heteroatoms. The molecule has 1 heterocycles. The predicted molar refractivity (Wildman–Crippen MR) is 51.2 cm³/mol. The standard InChI is InChI=1S/C9H13ClN2/c1-6-4-7(9(2,3)11)5-12-8(6)10/h4-5H,11H2,1-3H3. The molecular formula is C9H13ClN2. The monoisotopic (exact) mass is 184 g/mol. The van der Waals surface area contributed by atoms with Gasteiger partial charge in [0.25, 0.3) is 0 Å². The molecule has 0 amide bonds. The molecule has 0 radical (unpaired) electrons. The van der Waals surface area contributed by atoms with E-state index in [2.05, 4.69) is 4.98 Å². The minimum atomic E-state index is -0.345. The molecule has 0 bridgehead atoms. The Morgan fingerprint density at radius 2 is 2.08 bits per heavy atom. The highest BCUT2D eigenvalue weighted by molar-refractivity contribution is 6.30. The number of halogens is 1. The van der Waals surface area contributed by atoms with Gasteiger partial charge in [-0.3, -0.25) is 0 Å². The van der Waals surface area contributed by atoms with Crippen molar-refractivity contribution >= 4 is 11.6 Å². The molecule has 0 aromatic carbocycles. The van der Waals surface area contributed by atoms with Crippen molar-refractivity contribution in [1.29, 1.82) is 0 Å². The Morgan fingerprint density at radius 3 is 2.50 bits per heavy atom. The van der Waals surface area contributed by atoms with E-state index in [1.54, 1.807) is 6.20 Å². The van der Waals surface area contributed by atoms with Crippen LogP contribution in [-0.4, -0.2) is 4.98 Å². The van der Waals surface area contributed by atoms with Gasteiger partial charge in [-0.05, 0) is 38.0 Å². The highest BCUT2D eigenvalue weighted by Crippen LogP contribution is 2.20. The van der Waals surface area contributed by atoms with Gasteiger partial charge in [0.05, 0.1) is 0 Å². The first kappa shape index (κ1) is 9.49. The molecule has 0 atom stereocenters. The highest BCUT2D eigenvalue weighted by atomic mass is 35.5. The number of hydrogen-bond donors (Lipinski definition) is 1. The molecule has 0 aliphatic heterocycles. The van der Waals surface area contributed by atoms with Crippen LogP contribution >= 0.6 is 11.6 Å². The number of rotatable bonds is 1. The smallest absolute Gasteiger partial charge is 0.131 e. The lowest BCUT2D eigenvalue weighted by Crippen LogP contribution is -2.28. The van der Waals surface area contributed by atoms with Gasteiger partial charge < -0.3 is 5.73 Å². The van der Waals surface area contributed by atoms with E-state index in [9.17, 15) is 0 Å². The fourth-order valence-corrected chi connectivity index (χ4v) is 1.01. The highest BCUT2D eigenvalue weighted by Gasteiger charge is 2.14. The van der Waals surface area contributed by atoms with Crippen molar-refractivity contribution in [2.45, 2.75) is 26.3 Å². The summed E-state index contributed by atoms with van der Waals surface area (Å²) in [6.07, 6.45) is 1.72. The summed E-state index contributed by atoms with van der Waals surface area (Å²) in [4.78, 5) is 4.03. The van der Waals surface area contributed by atoms with Gasteiger partial charge in [0, 0.05) is 11.7 Å². The minimum Gasteiger partial charge on any atom is -0.322 e. The molecule has 2 nitrogen and oxygen atoms in total. The Kier molecular flexibility index (Phi) is 2.40. The van der Waals surface area contributed by atoms with Crippen molar-refractivity contribution in [2.24, 2.45) is 5.73 Å². The van der Waals surface area contributed by atoms with E-state index in [0.29, 0.717) is 5.15 Å². The molecule has 1 aromatic rings. The van der Waals surface area contributed by atoms with Gasteiger partial charge in [-0.25, -0.2) is 4.98 Å². The van der Waals surface area contributed by atoms with Crippen molar-refractivity contribution in [3.63, 3.8) is 0 Å². The summed E-state index contributed by atoms with van der Waals surface area (Å²) in [6.45, 7) is 5.80. The second-order valence-electron chi connectivity index (χ2n) is 3.55. The van der Waals surface area contributed by atoms with Crippen LogP contribution in [0.2, 0.25) is 5.15 Å². The third-order valence-corrected chi connectivity index (χ3v) is 2.15. The Morgan fingerprint density at radius 1 is 1.50 bits per heavy atom. The molecule has 1 rings (SSSR count). The van der Waals surface area contributed by atoms with Crippen LogP contribution in [0.15, 0.2) is 12.3 Å². The molecule has 0 saturated carbocycles. The number of nitrogens with zero attached hydrogens (tertiary/aromatic N) is 1. The number of aromatic nitrogens is 1. The molecule has 66 valence electrons. The minimum absolute atomic E-state index is 0.345. The van der Waals surface area contributed by atoms with E-state index < -0.39 is 0 Å². The summed E-state index contributed by atoms with van der Waals surface area (Å²) in [6, 6.07) is 1.97. The van der Waals surface area contributed by atoms with Crippen molar-refractivity contribution < 1.29 is 0 Å². The second kappa shape index (κ2) is 3.04. The SMILES string of the molecule is Cc1cc(C(C)(C)N)cnc1Cl. The first-order chi connectivity index (χ1) is 5.41. The van der Waals surface area contributed by atoms with Crippen molar-refractivity contribution in [1.82, 2.24) is 4.98 Å². The normalized spacial score (nSPS) is 11.8. The summed E-state index contributed by atoms with van der Waals surface area (Å²) in [5.41, 5.74) is 7.52. The van der Waals surface area contributed by atoms with E-state index in [0.717, 1.165) is 11.1 Å². The van der Waals surface area contributed by atoms with E-state index in [-0.39, 0.29) is 5.54 Å². The molecule has 0 aliphatic rings. The van der Waals surface area contributed by atoms with Crippen LogP contribution in [0.1, 0.15) is 25.0 Å². The lowest BCUT2D eigenvalue weighted by atomic mass is 9.97. The molecule has 12 heavy (non-hydrogen) atoms. The van der Waals surface area contributed by atoms with Gasteiger partial charge >= 0.3 is 0 Å². The zero-order chi connectivity index (χ0) is 9.35. The van der Waals surface area contributed by atoms with Crippen LogP contribution < -0.4 is 5.73 Å². The van der Waals surface area contributed by atoms with Gasteiger partial charge in [-0.2, -0.15) is 0 Å². The molecule has 0 fully saturated rings. The van der Waals surface area contributed by atoms with Crippen LogP contribution in [0.3, 0.4) is 0 Å². The maximum absolute atomic E-state index is 5.89. The fourth-order valence-electron chi connectivity index (χ4n) is 0.910. The average Bonchev–Trinajstić information content (AvgIpc) is 1.92. The lowest BCUT2D eigenvalue weighted by molar-refractivity contribution is 0.551. The topological polar surface area (TPSA) is 38.9 Å². The van der Waals surface area contributed by atoms with E-state index >= 15 is 0 Å². The van der Waals surface area contributed by atoms with E-state index in [4.69, 9.17) is 17.3 Å². The largest absolute Gasteiger partial charge is 0.322 e. The molecule has 2 N–H and O–H groups in total. The Hall–Kier alpha value is -0.600. The molecule has 0 saturated heterocycles. The summed E-state index contributed by atoms with van der Waals surface area (Å²) in [5.74, 6) is 0. The number of pyridine rings is 1. The molecule has 0 aliphatic carbocycles. The first-order valence-electron chi connectivity index (χ1n) is 3.83. The summed E-state index contributed by atoms with van der Waals surface area (Å²) < 4.78 is 0. The fraction of sp³-hybridized carbons (Fsp3) is 0.444. The van der Waals surface area contributed by atoms with Crippen molar-refractivity contribution in [3.05, 3.63) is 28.5 Å². The van der Waals surface area contributed by atoms with Crippen LogP contribution in [0.25, 0.3) is 0 Å². The van der Waals surface area contributed by atoms with Crippen molar-refractivity contribution in [2.75, 3.05) is 0 Å². The third kappa shape index (κ3) is 1.96. The first-order valence-corrected chi connectivity index (χ1v) is 4.20. The van der Waals surface area contributed by atoms with Crippen LogP contribution in [-0.2, 0) is 5.54 Å². The maximum Gasteiger partial charge on any atom is 0.131 e. The van der Waals surface area contributed by atoms with Gasteiger partial charge in [0.15, 0.2) is 0 Å². The Balaban J connectivity index is 3.14. The van der Waals surface area contributed by atoms with Gasteiger partial charge in [0.2, 0.25) is 0 Å². The summed E-state index contributed by atoms with van der Waals surface area (Å²) in [7, 11) is 0. The quantitative estimate of drug-likeness (QED) is 0.680. The van der Waals surface area contributed by atoms with Gasteiger partial charge in [-0.1, -0.05) is 11.6 Å². The third-order valence-electron chi connectivity index (χ3n) is 1.76. The molecule has 1 aromatic heterocycles. The predicted octanol–water partition coefficient (Wildman–Crippen LogP) is 2.24. The second-order valence-corrected chi connectivity index (χ2v) is 3.91. The lowest BCUT2D eigenvalue weighted by Gasteiger charge is -2.19. The zero-order valence-electron chi connectivity index (χ0n) is 7.56. The Bertz CT molecular complexity index is 289. The van der Waals surface area contributed by atoms with E-state index in [1.807, 2.05) is 26.8 Å².